The highest BCUT2D eigenvalue weighted by molar-refractivity contribution is 7.89. The van der Waals surface area contributed by atoms with Crippen LogP contribution in [-0.4, -0.2) is 47.8 Å². The summed E-state index contributed by atoms with van der Waals surface area (Å²) in [6.07, 6.45) is 0.927. The molecule has 0 spiro atoms. The van der Waals surface area contributed by atoms with Crippen LogP contribution in [0.2, 0.25) is 0 Å². The largest absolute Gasteiger partial charge is 0.433 e. The molecular formula is C25H18FN7O6S2. The average Bonchev–Trinajstić information content (AvgIpc) is 3.60. The van der Waals surface area contributed by atoms with Crippen LogP contribution >= 0.6 is 11.3 Å². The number of amides is 1. The molecule has 0 aliphatic rings. The molecule has 0 aliphatic heterocycles. The van der Waals surface area contributed by atoms with Crippen LogP contribution in [-0.2, 0) is 10.0 Å². The van der Waals surface area contributed by atoms with E-state index in [0.717, 1.165) is 32.9 Å². The van der Waals surface area contributed by atoms with Crippen molar-refractivity contribution in [1.82, 2.24) is 9.29 Å². The molecular weight excluding hydrogens is 577 g/mol. The Labute approximate surface area is 236 Å². The number of aromatic nitrogens is 1. The summed E-state index contributed by atoms with van der Waals surface area (Å²) in [5.41, 5.74) is 0.405. The zero-order valence-corrected chi connectivity index (χ0v) is 22.5. The zero-order chi connectivity index (χ0) is 29.6. The van der Waals surface area contributed by atoms with Gasteiger partial charge in [-0.05, 0) is 48.5 Å². The van der Waals surface area contributed by atoms with Crippen molar-refractivity contribution >= 4 is 54.7 Å². The van der Waals surface area contributed by atoms with E-state index in [1.807, 2.05) is 12.1 Å². The van der Waals surface area contributed by atoms with Gasteiger partial charge < -0.3 is 4.42 Å². The van der Waals surface area contributed by atoms with Gasteiger partial charge >= 0.3 is 5.88 Å². The number of thiazole rings is 1. The molecule has 2 aromatic heterocycles. The number of carbonyl (C=O) groups excluding carboxylic acids is 1. The number of nitriles is 2. The van der Waals surface area contributed by atoms with E-state index in [2.05, 4.69) is 10.1 Å². The third-order valence-electron chi connectivity index (χ3n) is 5.49. The number of nitrogens with zero attached hydrogens (tertiary/aromatic N) is 7. The Balaban J connectivity index is 1.68. The number of halogens is 1. The summed E-state index contributed by atoms with van der Waals surface area (Å²) in [5.74, 6) is -1.81. The Morgan fingerprint density at radius 1 is 1.12 bits per heavy atom. The van der Waals surface area contributed by atoms with Crippen LogP contribution in [0.3, 0.4) is 0 Å². The van der Waals surface area contributed by atoms with Gasteiger partial charge in [0.2, 0.25) is 15.2 Å². The van der Waals surface area contributed by atoms with Gasteiger partial charge in [-0.15, -0.1) is 0 Å². The Morgan fingerprint density at radius 3 is 2.41 bits per heavy atom. The lowest BCUT2D eigenvalue weighted by molar-refractivity contribution is -0.402. The van der Waals surface area contributed by atoms with Crippen LogP contribution in [0.4, 0.5) is 15.4 Å². The van der Waals surface area contributed by atoms with Gasteiger partial charge in [-0.2, -0.15) is 24.9 Å². The van der Waals surface area contributed by atoms with Gasteiger partial charge in [-0.3, -0.25) is 14.9 Å². The highest BCUT2D eigenvalue weighted by Gasteiger charge is 2.26. The van der Waals surface area contributed by atoms with Crippen LogP contribution in [0.15, 0.2) is 69.0 Å². The van der Waals surface area contributed by atoms with Crippen LogP contribution in [0.1, 0.15) is 29.0 Å². The minimum atomic E-state index is -4.07. The quantitative estimate of drug-likeness (QED) is 0.137. The molecule has 0 saturated heterocycles. The molecule has 0 radical (unpaired) electrons. The van der Waals surface area contributed by atoms with Gasteiger partial charge in [0.15, 0.2) is 5.76 Å². The Bertz CT molecular complexity index is 1800. The minimum Gasteiger partial charge on any atom is -0.400 e. The molecule has 13 nitrogen and oxygen atoms in total. The molecule has 0 N–H and O–H groups in total. The van der Waals surface area contributed by atoms with E-state index in [9.17, 15) is 27.7 Å². The second kappa shape index (κ2) is 12.4. The van der Waals surface area contributed by atoms with Gasteiger partial charge in [-0.25, -0.2) is 17.8 Å². The Kier molecular flexibility index (Phi) is 8.78. The second-order valence-electron chi connectivity index (χ2n) is 8.15. The van der Waals surface area contributed by atoms with Crippen LogP contribution < -0.4 is 5.01 Å². The maximum atomic E-state index is 13.8. The molecule has 0 unspecified atom stereocenters. The third kappa shape index (κ3) is 6.59. The molecule has 0 saturated carbocycles. The standard InChI is InChI=1S/C25H18FN7O6S2/c26-18-5-9-21-22(15-18)40-25(30-21)32(29-16-19-6-10-23(39-19)33(35)36)24(34)17-3-7-20(8-4-17)41(37,38)31(13-1-11-27)14-2-12-28/h3-10,15-16H,1-2,13-14H2/b29-16+. The van der Waals surface area contributed by atoms with Crippen molar-refractivity contribution in [2.45, 2.75) is 17.7 Å². The maximum absolute atomic E-state index is 13.8. The van der Waals surface area contributed by atoms with Crippen molar-refractivity contribution in [3.8, 4) is 12.1 Å². The molecule has 2 heterocycles. The topological polar surface area (TPSA) is 187 Å². The Morgan fingerprint density at radius 2 is 1.80 bits per heavy atom. The van der Waals surface area contributed by atoms with E-state index in [0.29, 0.717) is 10.2 Å². The van der Waals surface area contributed by atoms with Crippen molar-refractivity contribution in [1.29, 1.82) is 10.5 Å². The molecule has 0 aliphatic carbocycles. The lowest BCUT2D eigenvalue weighted by Gasteiger charge is -2.20. The number of sulfonamides is 1. The lowest BCUT2D eigenvalue weighted by Crippen LogP contribution is -2.33. The number of fused-ring (bicyclic) bond motifs is 1. The first-order valence-corrected chi connectivity index (χ1v) is 13.9. The first kappa shape index (κ1) is 29.0. The summed E-state index contributed by atoms with van der Waals surface area (Å²) in [6, 6.07) is 15.0. The van der Waals surface area contributed by atoms with E-state index in [1.54, 1.807) is 0 Å². The fraction of sp³-hybridized carbons (Fsp3) is 0.160. The zero-order valence-electron chi connectivity index (χ0n) is 20.9. The van der Waals surface area contributed by atoms with Crippen molar-refractivity contribution < 1.29 is 26.9 Å². The first-order chi connectivity index (χ1) is 19.6. The molecule has 1 amide bonds. The number of hydrazone groups is 1. The number of benzene rings is 2. The van der Waals surface area contributed by atoms with Gasteiger partial charge in [0.05, 0.1) is 39.5 Å². The number of furan rings is 1. The number of nitro groups is 1. The summed E-state index contributed by atoms with van der Waals surface area (Å²) >= 11 is 0.960. The summed E-state index contributed by atoms with van der Waals surface area (Å²) in [5, 5.41) is 33.7. The van der Waals surface area contributed by atoms with E-state index >= 15 is 0 Å². The lowest BCUT2D eigenvalue weighted by atomic mass is 10.2. The SMILES string of the molecule is N#CCCN(CCC#N)S(=O)(=O)c1ccc(C(=O)N(/N=C/c2ccc([N+](=O)[O-])o2)c2nc3ccc(F)cc3s2)cc1. The predicted octanol–water partition coefficient (Wildman–Crippen LogP) is 4.44. The maximum Gasteiger partial charge on any atom is 0.433 e. The molecule has 0 atom stereocenters. The van der Waals surface area contributed by atoms with Crippen molar-refractivity contribution in [3.63, 3.8) is 0 Å². The monoisotopic (exact) mass is 595 g/mol. The van der Waals surface area contributed by atoms with E-state index in [4.69, 9.17) is 14.9 Å². The molecule has 41 heavy (non-hydrogen) atoms. The van der Waals surface area contributed by atoms with Crippen LogP contribution in [0, 0.1) is 38.6 Å². The normalized spacial score (nSPS) is 11.5. The van der Waals surface area contributed by atoms with Crippen molar-refractivity contribution in [2.75, 3.05) is 18.1 Å². The number of hydrogen-bond donors (Lipinski definition) is 0. The first-order valence-electron chi connectivity index (χ1n) is 11.7. The Hall–Kier alpha value is -5.03. The summed E-state index contributed by atoms with van der Waals surface area (Å²) < 4.78 is 46.5. The van der Waals surface area contributed by atoms with Gasteiger partial charge in [0.1, 0.15) is 10.7 Å². The second-order valence-corrected chi connectivity index (χ2v) is 11.1. The summed E-state index contributed by atoms with van der Waals surface area (Å²) in [6.45, 7) is -0.209. The number of rotatable bonds is 11. The highest BCUT2D eigenvalue weighted by Crippen LogP contribution is 2.31. The fourth-order valence-electron chi connectivity index (χ4n) is 3.53. The number of hydrogen-bond acceptors (Lipinski definition) is 11. The smallest absolute Gasteiger partial charge is 0.400 e. The van der Waals surface area contributed by atoms with Crippen molar-refractivity contribution in [3.05, 3.63) is 81.9 Å². The minimum absolute atomic E-state index is 0.0116. The van der Waals surface area contributed by atoms with Gasteiger partial charge in [-0.1, -0.05) is 11.3 Å². The van der Waals surface area contributed by atoms with Crippen molar-refractivity contribution in [2.24, 2.45) is 5.10 Å². The third-order valence-corrected chi connectivity index (χ3v) is 8.40. The molecule has 0 fully saturated rings. The molecule has 208 valence electrons. The summed E-state index contributed by atoms with van der Waals surface area (Å²) in [4.78, 5) is 27.9. The summed E-state index contributed by atoms with van der Waals surface area (Å²) in [7, 11) is -4.07. The van der Waals surface area contributed by atoms with Crippen LogP contribution in [0.5, 0.6) is 0 Å². The fourth-order valence-corrected chi connectivity index (χ4v) is 5.92. The molecule has 2 aromatic carbocycles. The molecule has 4 aromatic rings. The number of carbonyl (C=O) groups is 1. The highest BCUT2D eigenvalue weighted by atomic mass is 32.2. The van der Waals surface area contributed by atoms with E-state index in [1.165, 1.54) is 48.5 Å². The molecule has 16 heteroatoms. The van der Waals surface area contributed by atoms with Crippen LogP contribution in [0.25, 0.3) is 10.2 Å². The van der Waals surface area contributed by atoms with Gasteiger partial charge in [0.25, 0.3) is 5.91 Å². The number of anilines is 1. The average molecular weight is 596 g/mol. The predicted molar refractivity (Wildman–Crippen MR) is 145 cm³/mol. The van der Waals surface area contributed by atoms with Gasteiger partial charge in [0, 0.05) is 31.5 Å². The van der Waals surface area contributed by atoms with E-state index in [-0.39, 0.29) is 47.3 Å². The molecule has 4 rings (SSSR count). The molecule has 0 bridgehead atoms. The van der Waals surface area contributed by atoms with E-state index < -0.39 is 32.6 Å².